The Labute approximate surface area is 211 Å². The molecule has 0 spiro atoms. The monoisotopic (exact) mass is 541 g/mol. The van der Waals surface area contributed by atoms with E-state index in [-0.39, 0.29) is 11.9 Å². The molecule has 2 aliphatic rings. The molecule has 0 aliphatic carbocycles. The lowest BCUT2D eigenvalue weighted by Crippen LogP contribution is -2.72. The number of fused-ring (bicyclic) bond motifs is 4. The zero-order valence-electron chi connectivity index (χ0n) is 17.9. The summed E-state index contributed by atoms with van der Waals surface area (Å²) in [5, 5.41) is 7.57. The average molecular weight is 543 g/mol. The summed E-state index contributed by atoms with van der Waals surface area (Å²) in [7, 11) is 0. The van der Waals surface area contributed by atoms with Gasteiger partial charge in [0.25, 0.3) is 0 Å². The van der Waals surface area contributed by atoms with Crippen molar-refractivity contribution >= 4 is 62.1 Å². The van der Waals surface area contributed by atoms with E-state index in [1.54, 1.807) is 24.3 Å². The maximum absolute atomic E-state index is 13.8. The predicted molar refractivity (Wildman–Crippen MR) is 139 cm³/mol. The fourth-order valence-electron chi connectivity index (χ4n) is 4.59. The minimum atomic E-state index is -1.06. The SMILES string of the molecule is Cc1ccc(N2C(=S)N[C@H]3c4cc(Br)ccc4O[C@]2(C)[C@@H]3C(=O)Nc2ccc(Cl)cc2)cc1. The highest BCUT2D eigenvalue weighted by Gasteiger charge is 2.59. The molecule has 0 unspecified atom stereocenters. The minimum absolute atomic E-state index is 0.178. The fraction of sp³-hybridized carbons (Fsp3) is 0.200. The van der Waals surface area contributed by atoms with Gasteiger partial charge in [-0.3, -0.25) is 9.69 Å². The van der Waals surface area contributed by atoms with Gasteiger partial charge in [0.1, 0.15) is 11.7 Å². The second-order valence-corrected chi connectivity index (χ2v) is 10.1. The standard InChI is InChI=1S/C25H21BrClN3O2S/c1-14-3-10-18(11-4-14)30-24(33)29-22-19-13-15(26)5-12-20(19)32-25(30,2)21(22)23(31)28-17-8-6-16(27)7-9-17/h3-13,21-22H,1-2H3,(H,28,31)(H,29,33)/t21-,22-,25+/m0/s1. The van der Waals surface area contributed by atoms with Crippen LogP contribution in [0.2, 0.25) is 5.02 Å². The summed E-state index contributed by atoms with van der Waals surface area (Å²) < 4.78 is 7.50. The summed E-state index contributed by atoms with van der Waals surface area (Å²) >= 11 is 15.3. The van der Waals surface area contributed by atoms with Crippen LogP contribution in [0, 0.1) is 12.8 Å². The molecule has 1 fully saturated rings. The highest BCUT2D eigenvalue weighted by atomic mass is 79.9. The van der Waals surface area contributed by atoms with Gasteiger partial charge in [-0.1, -0.05) is 45.2 Å². The van der Waals surface area contributed by atoms with Gasteiger partial charge in [0.2, 0.25) is 5.91 Å². The number of hydrogen-bond acceptors (Lipinski definition) is 3. The van der Waals surface area contributed by atoms with E-state index in [0.29, 0.717) is 21.6 Å². The Morgan fingerprint density at radius 1 is 1.15 bits per heavy atom. The molecule has 3 aromatic carbocycles. The van der Waals surface area contributed by atoms with Gasteiger partial charge in [-0.25, -0.2) is 0 Å². The predicted octanol–water partition coefficient (Wildman–Crippen LogP) is 6.21. The molecular weight excluding hydrogens is 522 g/mol. The van der Waals surface area contributed by atoms with Gasteiger partial charge in [0.05, 0.1) is 6.04 Å². The van der Waals surface area contributed by atoms with Gasteiger partial charge in [-0.2, -0.15) is 0 Å². The van der Waals surface area contributed by atoms with Crippen LogP contribution in [-0.4, -0.2) is 16.7 Å². The molecule has 5 nitrogen and oxygen atoms in total. The molecule has 1 amide bonds. The van der Waals surface area contributed by atoms with E-state index >= 15 is 0 Å². The number of anilines is 2. The van der Waals surface area contributed by atoms with Crippen LogP contribution in [0.5, 0.6) is 5.75 Å². The summed E-state index contributed by atoms with van der Waals surface area (Å²) in [6.45, 7) is 3.95. The topological polar surface area (TPSA) is 53.6 Å². The number of thiocarbonyl (C=S) groups is 1. The van der Waals surface area contributed by atoms with Crippen LogP contribution in [-0.2, 0) is 4.79 Å². The molecule has 0 saturated carbocycles. The third kappa shape index (κ3) is 3.88. The van der Waals surface area contributed by atoms with E-state index < -0.39 is 11.6 Å². The molecule has 2 heterocycles. The van der Waals surface area contributed by atoms with E-state index in [4.69, 9.17) is 28.6 Å². The Hall–Kier alpha value is -2.61. The van der Waals surface area contributed by atoms with E-state index in [9.17, 15) is 4.79 Å². The van der Waals surface area contributed by atoms with Gasteiger partial charge in [0, 0.05) is 26.4 Å². The molecule has 1 saturated heterocycles. The van der Waals surface area contributed by atoms with Crippen molar-refractivity contribution in [2.45, 2.75) is 25.6 Å². The number of nitrogens with one attached hydrogen (secondary N) is 2. The van der Waals surface area contributed by atoms with Crippen LogP contribution in [0.4, 0.5) is 11.4 Å². The molecule has 5 rings (SSSR count). The third-order valence-corrected chi connectivity index (χ3v) is 7.19. The minimum Gasteiger partial charge on any atom is -0.467 e. The number of aryl methyl sites for hydroxylation is 1. The van der Waals surface area contributed by atoms with E-state index in [2.05, 4.69) is 26.6 Å². The number of carbonyl (C=O) groups excluding carboxylic acids is 1. The Bertz CT molecular complexity index is 1250. The molecule has 8 heteroatoms. The highest BCUT2D eigenvalue weighted by Crippen LogP contribution is 2.50. The molecule has 3 aromatic rings. The number of amides is 1. The highest BCUT2D eigenvalue weighted by molar-refractivity contribution is 9.10. The lowest BCUT2D eigenvalue weighted by atomic mass is 9.78. The Kier molecular flexibility index (Phi) is 5.59. The number of rotatable bonds is 3. The largest absolute Gasteiger partial charge is 0.467 e. The first-order chi connectivity index (χ1) is 15.8. The van der Waals surface area contributed by atoms with Crippen LogP contribution in [0.25, 0.3) is 0 Å². The maximum atomic E-state index is 13.8. The quantitative estimate of drug-likeness (QED) is 0.386. The average Bonchev–Trinajstić information content (AvgIpc) is 2.77. The lowest BCUT2D eigenvalue weighted by molar-refractivity contribution is -0.130. The fourth-order valence-corrected chi connectivity index (χ4v) is 5.51. The summed E-state index contributed by atoms with van der Waals surface area (Å²) in [5.74, 6) is -0.0705. The number of halogens is 2. The molecule has 0 radical (unpaired) electrons. The van der Waals surface area contributed by atoms with Gasteiger partial charge < -0.3 is 15.4 Å². The first-order valence-corrected chi connectivity index (χ1v) is 12.1. The Balaban J connectivity index is 1.62. The third-order valence-electron chi connectivity index (χ3n) is 6.15. The smallest absolute Gasteiger partial charge is 0.236 e. The second kappa shape index (κ2) is 8.31. The van der Waals surface area contributed by atoms with Crippen LogP contribution in [0.3, 0.4) is 0 Å². The van der Waals surface area contributed by atoms with Gasteiger partial charge >= 0.3 is 0 Å². The van der Waals surface area contributed by atoms with Crippen molar-refractivity contribution in [2.24, 2.45) is 5.92 Å². The summed E-state index contributed by atoms with van der Waals surface area (Å²) in [5.41, 5.74) is 2.47. The van der Waals surface area contributed by atoms with Crippen molar-refractivity contribution in [3.05, 3.63) is 87.4 Å². The van der Waals surface area contributed by atoms with Gasteiger partial charge in [0.15, 0.2) is 10.8 Å². The molecule has 33 heavy (non-hydrogen) atoms. The Morgan fingerprint density at radius 3 is 2.55 bits per heavy atom. The molecule has 0 aromatic heterocycles. The number of ether oxygens (including phenoxy) is 1. The van der Waals surface area contributed by atoms with Crippen LogP contribution < -0.4 is 20.3 Å². The normalized spacial score (nSPS) is 23.3. The molecule has 3 atom stereocenters. The summed E-state index contributed by atoms with van der Waals surface area (Å²) in [4.78, 5) is 15.7. The maximum Gasteiger partial charge on any atom is 0.236 e. The van der Waals surface area contributed by atoms with Gasteiger partial charge in [-0.15, -0.1) is 0 Å². The van der Waals surface area contributed by atoms with Crippen molar-refractivity contribution in [3.8, 4) is 5.75 Å². The van der Waals surface area contributed by atoms with Crippen LogP contribution in [0.1, 0.15) is 24.1 Å². The summed E-state index contributed by atoms with van der Waals surface area (Å²) in [6, 6.07) is 20.5. The molecule has 2 N–H and O–H groups in total. The number of benzene rings is 3. The van der Waals surface area contributed by atoms with E-state index in [1.807, 2.05) is 61.2 Å². The van der Waals surface area contributed by atoms with Crippen molar-refractivity contribution in [3.63, 3.8) is 0 Å². The van der Waals surface area contributed by atoms with Crippen molar-refractivity contribution in [2.75, 3.05) is 10.2 Å². The molecule has 2 aliphatic heterocycles. The van der Waals surface area contributed by atoms with Crippen LogP contribution in [0.15, 0.2) is 71.2 Å². The molecule has 168 valence electrons. The van der Waals surface area contributed by atoms with Gasteiger partial charge in [-0.05, 0) is 80.7 Å². The van der Waals surface area contributed by atoms with Crippen molar-refractivity contribution in [1.82, 2.24) is 5.32 Å². The second-order valence-electron chi connectivity index (χ2n) is 8.41. The summed E-state index contributed by atoms with van der Waals surface area (Å²) in [6.07, 6.45) is 0. The molecular formula is C25H21BrClN3O2S. The first kappa shape index (κ1) is 22.2. The lowest BCUT2D eigenvalue weighted by Gasteiger charge is -2.56. The number of nitrogens with zero attached hydrogens (tertiary/aromatic N) is 1. The van der Waals surface area contributed by atoms with E-state index in [1.165, 1.54) is 0 Å². The van der Waals surface area contributed by atoms with Crippen LogP contribution >= 0.6 is 39.7 Å². The first-order valence-electron chi connectivity index (χ1n) is 10.5. The van der Waals surface area contributed by atoms with Crippen molar-refractivity contribution in [1.29, 1.82) is 0 Å². The van der Waals surface area contributed by atoms with Crippen molar-refractivity contribution < 1.29 is 9.53 Å². The zero-order valence-corrected chi connectivity index (χ0v) is 21.1. The molecule has 2 bridgehead atoms. The number of carbonyl (C=O) groups is 1. The zero-order chi connectivity index (χ0) is 23.3. The van der Waals surface area contributed by atoms with E-state index in [0.717, 1.165) is 21.3 Å². The number of hydrogen-bond donors (Lipinski definition) is 2. The Morgan fingerprint density at radius 2 is 1.85 bits per heavy atom.